The molecule has 3 heterocycles. The number of anilines is 1. The molecule has 0 unspecified atom stereocenters. The number of nitrogens with zero attached hydrogens (tertiary/aromatic N) is 5. The fourth-order valence-corrected chi connectivity index (χ4v) is 3.92. The minimum atomic E-state index is -0.128. The third-order valence-corrected chi connectivity index (χ3v) is 5.40. The average Bonchev–Trinajstić information content (AvgIpc) is 3.26. The van der Waals surface area contributed by atoms with Gasteiger partial charge < -0.3 is 10.2 Å². The SMILES string of the molecule is O=C(CCN1C(=O)CSc2ccccc21)NCc1cccnc1-n1cncn1. The molecule has 28 heavy (non-hydrogen) atoms. The monoisotopic (exact) mass is 394 g/mol. The summed E-state index contributed by atoms with van der Waals surface area (Å²) in [6.45, 7) is 0.674. The molecule has 142 valence electrons. The molecule has 3 aromatic rings. The lowest BCUT2D eigenvalue weighted by molar-refractivity contribution is -0.121. The number of nitrogens with one attached hydrogen (secondary N) is 1. The Bertz CT molecular complexity index is 992. The quantitative estimate of drug-likeness (QED) is 0.685. The number of hydrogen-bond acceptors (Lipinski definition) is 6. The first-order chi connectivity index (χ1) is 13.7. The molecule has 1 aromatic carbocycles. The van der Waals surface area contributed by atoms with E-state index in [0.717, 1.165) is 16.1 Å². The van der Waals surface area contributed by atoms with E-state index in [4.69, 9.17) is 0 Å². The number of thioether (sulfide) groups is 1. The van der Waals surface area contributed by atoms with Crippen molar-refractivity contribution in [2.45, 2.75) is 17.9 Å². The minimum absolute atomic E-state index is 0.0252. The van der Waals surface area contributed by atoms with E-state index in [-0.39, 0.29) is 18.2 Å². The first-order valence-corrected chi connectivity index (χ1v) is 9.79. The van der Waals surface area contributed by atoms with Gasteiger partial charge in [0.05, 0.1) is 11.4 Å². The van der Waals surface area contributed by atoms with Crippen molar-refractivity contribution in [3.05, 3.63) is 60.8 Å². The Labute approximate surface area is 166 Å². The normalized spacial score (nSPS) is 13.3. The second-order valence-corrected chi connectivity index (χ2v) is 7.17. The third kappa shape index (κ3) is 3.89. The number of aromatic nitrogens is 4. The molecule has 2 amide bonds. The lowest BCUT2D eigenvalue weighted by atomic mass is 10.2. The van der Waals surface area contributed by atoms with Crippen LogP contribution in [-0.2, 0) is 16.1 Å². The van der Waals surface area contributed by atoms with Crippen molar-refractivity contribution in [2.24, 2.45) is 0 Å². The Morgan fingerprint density at radius 1 is 1.21 bits per heavy atom. The van der Waals surface area contributed by atoms with Crippen molar-refractivity contribution in [2.75, 3.05) is 17.2 Å². The lowest BCUT2D eigenvalue weighted by Gasteiger charge is -2.28. The Morgan fingerprint density at radius 3 is 2.96 bits per heavy atom. The van der Waals surface area contributed by atoms with Crippen LogP contribution in [-0.4, -0.2) is 43.9 Å². The fraction of sp³-hybridized carbons (Fsp3) is 0.211. The van der Waals surface area contributed by atoms with Crippen LogP contribution in [0.2, 0.25) is 0 Å². The van der Waals surface area contributed by atoms with E-state index in [1.807, 2.05) is 36.4 Å². The summed E-state index contributed by atoms with van der Waals surface area (Å²) in [7, 11) is 0. The number of carbonyl (C=O) groups excluding carboxylic acids is 2. The molecule has 0 saturated heterocycles. The number of fused-ring (bicyclic) bond motifs is 1. The molecule has 0 spiro atoms. The van der Waals surface area contributed by atoms with E-state index < -0.39 is 0 Å². The predicted octanol–water partition coefficient (Wildman–Crippen LogP) is 1.81. The summed E-state index contributed by atoms with van der Waals surface area (Å²) in [6, 6.07) is 11.5. The maximum atomic E-state index is 12.4. The Hall–Kier alpha value is -3.20. The predicted molar refractivity (Wildman–Crippen MR) is 105 cm³/mol. The zero-order valence-corrected chi connectivity index (χ0v) is 15.8. The van der Waals surface area contributed by atoms with Gasteiger partial charge in [-0.25, -0.2) is 14.6 Å². The van der Waals surface area contributed by atoms with Crippen LogP contribution in [0.25, 0.3) is 5.82 Å². The van der Waals surface area contributed by atoms with Crippen molar-refractivity contribution in [3.63, 3.8) is 0 Å². The highest BCUT2D eigenvalue weighted by molar-refractivity contribution is 8.00. The minimum Gasteiger partial charge on any atom is -0.352 e. The topological polar surface area (TPSA) is 93.0 Å². The second-order valence-electron chi connectivity index (χ2n) is 6.15. The van der Waals surface area contributed by atoms with Crippen LogP contribution >= 0.6 is 11.8 Å². The van der Waals surface area contributed by atoms with Gasteiger partial charge in [-0.2, -0.15) is 5.10 Å². The van der Waals surface area contributed by atoms with Crippen molar-refractivity contribution in [1.29, 1.82) is 0 Å². The van der Waals surface area contributed by atoms with Crippen LogP contribution in [0.4, 0.5) is 5.69 Å². The van der Waals surface area contributed by atoms with E-state index in [0.29, 0.717) is 24.7 Å². The van der Waals surface area contributed by atoms with Gasteiger partial charge in [-0.15, -0.1) is 11.8 Å². The molecule has 0 aliphatic carbocycles. The number of amides is 2. The number of para-hydroxylation sites is 1. The highest BCUT2D eigenvalue weighted by Gasteiger charge is 2.24. The fourth-order valence-electron chi connectivity index (χ4n) is 2.99. The molecule has 0 saturated carbocycles. The Kier molecular flexibility index (Phi) is 5.34. The van der Waals surface area contributed by atoms with Gasteiger partial charge in [0.15, 0.2) is 5.82 Å². The Balaban J connectivity index is 1.37. The number of benzene rings is 1. The summed E-state index contributed by atoms with van der Waals surface area (Å²) in [5.74, 6) is 0.918. The zero-order valence-electron chi connectivity index (χ0n) is 15.0. The van der Waals surface area contributed by atoms with Gasteiger partial charge in [0.1, 0.15) is 12.7 Å². The molecule has 1 N–H and O–H groups in total. The van der Waals surface area contributed by atoms with Crippen LogP contribution in [0.5, 0.6) is 0 Å². The maximum Gasteiger partial charge on any atom is 0.237 e. The van der Waals surface area contributed by atoms with Crippen LogP contribution < -0.4 is 10.2 Å². The van der Waals surface area contributed by atoms with Crippen LogP contribution in [0.3, 0.4) is 0 Å². The number of rotatable bonds is 6. The summed E-state index contributed by atoms with van der Waals surface area (Å²) in [4.78, 5) is 35.6. The van der Waals surface area contributed by atoms with Gasteiger partial charge >= 0.3 is 0 Å². The molecule has 0 fully saturated rings. The van der Waals surface area contributed by atoms with E-state index in [1.54, 1.807) is 22.1 Å². The van der Waals surface area contributed by atoms with Crippen LogP contribution in [0.15, 0.2) is 60.1 Å². The van der Waals surface area contributed by atoms with E-state index >= 15 is 0 Å². The van der Waals surface area contributed by atoms with Gasteiger partial charge in [0, 0.05) is 36.2 Å². The highest BCUT2D eigenvalue weighted by Crippen LogP contribution is 2.34. The summed E-state index contributed by atoms with van der Waals surface area (Å²) in [5, 5.41) is 6.98. The van der Waals surface area contributed by atoms with Gasteiger partial charge in [0.25, 0.3) is 0 Å². The molecule has 0 atom stereocenters. The number of carbonyl (C=O) groups is 2. The van der Waals surface area contributed by atoms with E-state index in [1.165, 1.54) is 18.1 Å². The van der Waals surface area contributed by atoms with Crippen molar-refractivity contribution >= 4 is 29.3 Å². The van der Waals surface area contributed by atoms with Crippen molar-refractivity contribution < 1.29 is 9.59 Å². The Morgan fingerprint density at radius 2 is 2.11 bits per heavy atom. The lowest BCUT2D eigenvalue weighted by Crippen LogP contribution is -2.38. The van der Waals surface area contributed by atoms with Gasteiger partial charge in [0.2, 0.25) is 11.8 Å². The molecule has 4 rings (SSSR count). The van der Waals surface area contributed by atoms with Crippen LogP contribution in [0, 0.1) is 0 Å². The first-order valence-electron chi connectivity index (χ1n) is 8.80. The average molecular weight is 394 g/mol. The number of pyridine rings is 1. The van der Waals surface area contributed by atoms with Gasteiger partial charge in [-0.1, -0.05) is 18.2 Å². The summed E-state index contributed by atoms with van der Waals surface area (Å²) >= 11 is 1.53. The molecule has 8 nitrogen and oxygen atoms in total. The summed E-state index contributed by atoms with van der Waals surface area (Å²) in [6.07, 6.45) is 4.89. The molecule has 9 heteroatoms. The molecule has 0 radical (unpaired) electrons. The van der Waals surface area contributed by atoms with E-state index in [2.05, 4.69) is 20.4 Å². The van der Waals surface area contributed by atoms with Crippen LogP contribution in [0.1, 0.15) is 12.0 Å². The standard InChI is InChI=1S/C19H18N6O2S/c26-17(7-9-24-15-5-1-2-6-16(15)28-11-18(24)27)22-10-14-4-3-8-21-19(14)25-13-20-12-23-25/h1-6,8,12-13H,7,9-11H2,(H,22,26). The third-order valence-electron chi connectivity index (χ3n) is 4.35. The molecular formula is C19H18N6O2S. The second kappa shape index (κ2) is 8.22. The molecule has 0 bridgehead atoms. The summed E-state index contributed by atoms with van der Waals surface area (Å²) in [5.41, 5.74) is 1.70. The summed E-state index contributed by atoms with van der Waals surface area (Å²) < 4.78 is 1.56. The first kappa shape index (κ1) is 18.2. The number of hydrogen-bond donors (Lipinski definition) is 1. The molecule has 1 aliphatic rings. The maximum absolute atomic E-state index is 12.4. The van der Waals surface area contributed by atoms with E-state index in [9.17, 15) is 9.59 Å². The van der Waals surface area contributed by atoms with Gasteiger partial charge in [-0.3, -0.25) is 9.59 Å². The molecule has 2 aromatic heterocycles. The van der Waals surface area contributed by atoms with Crippen molar-refractivity contribution in [3.8, 4) is 5.82 Å². The molecular weight excluding hydrogens is 376 g/mol. The van der Waals surface area contributed by atoms with Gasteiger partial charge in [-0.05, 0) is 18.2 Å². The zero-order chi connectivity index (χ0) is 19.3. The largest absolute Gasteiger partial charge is 0.352 e. The van der Waals surface area contributed by atoms with Crippen molar-refractivity contribution in [1.82, 2.24) is 25.1 Å². The highest BCUT2D eigenvalue weighted by atomic mass is 32.2. The smallest absolute Gasteiger partial charge is 0.237 e. The molecule has 1 aliphatic heterocycles.